The molecule has 0 aliphatic heterocycles. The number of nitrogens with zero attached hydrogens (tertiary/aromatic N) is 1. The maximum Gasteiger partial charge on any atom is 0.229 e. The molecule has 0 saturated heterocycles. The molecule has 0 aliphatic rings. The smallest absolute Gasteiger partial charge is 0.229 e. The Bertz CT molecular complexity index is 607. The van der Waals surface area contributed by atoms with Gasteiger partial charge >= 0.3 is 0 Å². The fraction of sp³-hybridized carbons (Fsp3) is 0.444. The molecule has 2 aromatic rings. The van der Waals surface area contributed by atoms with Gasteiger partial charge in [-0.2, -0.15) is 0 Å². The van der Waals surface area contributed by atoms with Crippen LogP contribution in [0.25, 0.3) is 11.3 Å². The van der Waals surface area contributed by atoms with E-state index in [9.17, 15) is 4.79 Å². The average Bonchev–Trinajstić information content (AvgIpc) is 2.89. The van der Waals surface area contributed by atoms with E-state index in [-0.39, 0.29) is 11.8 Å². The van der Waals surface area contributed by atoms with E-state index in [2.05, 4.69) is 24.1 Å². The largest absolute Gasteiger partial charge is 0.302 e. The number of amides is 1. The molecule has 0 aliphatic carbocycles. The molecule has 2 rings (SSSR count). The summed E-state index contributed by atoms with van der Waals surface area (Å²) in [6.07, 6.45) is 4.05. The summed E-state index contributed by atoms with van der Waals surface area (Å²) < 4.78 is 0. The van der Waals surface area contributed by atoms with Crippen molar-refractivity contribution in [1.29, 1.82) is 0 Å². The highest BCUT2D eigenvalue weighted by atomic mass is 32.1. The van der Waals surface area contributed by atoms with E-state index >= 15 is 0 Å². The second-order valence-electron chi connectivity index (χ2n) is 5.53. The molecule has 1 N–H and O–H groups in total. The number of aryl methyl sites for hydroxylation is 1. The second kappa shape index (κ2) is 8.08. The molecule has 22 heavy (non-hydrogen) atoms. The molecule has 0 saturated carbocycles. The van der Waals surface area contributed by atoms with Crippen molar-refractivity contribution in [2.24, 2.45) is 5.92 Å². The van der Waals surface area contributed by atoms with E-state index < -0.39 is 0 Å². The summed E-state index contributed by atoms with van der Waals surface area (Å²) in [5.74, 6) is 0.189. The Morgan fingerprint density at radius 3 is 2.64 bits per heavy atom. The van der Waals surface area contributed by atoms with Crippen LogP contribution in [-0.4, -0.2) is 10.9 Å². The average molecular weight is 316 g/mol. The van der Waals surface area contributed by atoms with Crippen molar-refractivity contribution in [1.82, 2.24) is 4.98 Å². The number of unbranched alkanes of at least 4 members (excludes halogenated alkanes) is 1. The van der Waals surface area contributed by atoms with Gasteiger partial charge in [0.2, 0.25) is 5.91 Å². The molecule has 0 bridgehead atoms. The standard InChI is InChI=1S/C18H24N2OS/c1-4-6-10-14(5-2)17(21)20-18-19-16(13(3)22-18)15-11-8-7-9-12-15/h7-9,11-12,14H,4-6,10H2,1-3H3,(H,19,20,21)/t14-/m1/s1. The van der Waals surface area contributed by atoms with Crippen molar-refractivity contribution in [3.05, 3.63) is 35.2 Å². The molecule has 0 fully saturated rings. The number of thiazole rings is 1. The monoisotopic (exact) mass is 316 g/mol. The molecule has 1 amide bonds. The lowest BCUT2D eigenvalue weighted by Gasteiger charge is -2.12. The molecule has 1 aromatic carbocycles. The number of anilines is 1. The Kier molecular flexibility index (Phi) is 6.13. The first-order chi connectivity index (χ1) is 10.7. The van der Waals surface area contributed by atoms with E-state index in [4.69, 9.17) is 0 Å². The summed E-state index contributed by atoms with van der Waals surface area (Å²) in [5.41, 5.74) is 2.05. The van der Waals surface area contributed by atoms with Gasteiger partial charge in [0, 0.05) is 16.4 Å². The van der Waals surface area contributed by atoms with Gasteiger partial charge < -0.3 is 5.32 Å². The quantitative estimate of drug-likeness (QED) is 0.755. The molecular formula is C18H24N2OS. The number of hydrogen-bond acceptors (Lipinski definition) is 3. The number of hydrogen-bond donors (Lipinski definition) is 1. The van der Waals surface area contributed by atoms with Gasteiger partial charge in [0.15, 0.2) is 5.13 Å². The zero-order valence-electron chi connectivity index (χ0n) is 13.6. The van der Waals surface area contributed by atoms with Crippen molar-refractivity contribution < 1.29 is 4.79 Å². The maximum atomic E-state index is 12.4. The fourth-order valence-electron chi connectivity index (χ4n) is 2.49. The highest BCUT2D eigenvalue weighted by Gasteiger charge is 2.18. The van der Waals surface area contributed by atoms with Gasteiger partial charge in [-0.1, -0.05) is 57.0 Å². The normalized spacial score (nSPS) is 12.1. The van der Waals surface area contributed by atoms with Crippen LogP contribution in [0, 0.1) is 12.8 Å². The third-order valence-electron chi connectivity index (χ3n) is 3.84. The number of nitrogens with one attached hydrogen (secondary N) is 1. The molecule has 1 atom stereocenters. The van der Waals surface area contributed by atoms with Gasteiger partial charge in [-0.25, -0.2) is 4.98 Å². The molecule has 3 nitrogen and oxygen atoms in total. The summed E-state index contributed by atoms with van der Waals surface area (Å²) in [5, 5.41) is 3.71. The summed E-state index contributed by atoms with van der Waals surface area (Å²) in [6.45, 7) is 6.27. The summed E-state index contributed by atoms with van der Waals surface area (Å²) in [4.78, 5) is 18.1. The van der Waals surface area contributed by atoms with Crippen LogP contribution in [0.15, 0.2) is 30.3 Å². The van der Waals surface area contributed by atoms with Gasteiger partial charge in [0.25, 0.3) is 0 Å². The number of aromatic nitrogens is 1. The molecule has 0 unspecified atom stereocenters. The SMILES string of the molecule is CCCC[C@@H](CC)C(=O)Nc1nc(-c2ccccc2)c(C)s1. The first kappa shape index (κ1) is 16.7. The minimum Gasteiger partial charge on any atom is -0.302 e. The van der Waals surface area contributed by atoms with Crippen LogP contribution in [0.2, 0.25) is 0 Å². The van der Waals surface area contributed by atoms with Crippen LogP contribution in [-0.2, 0) is 4.79 Å². The Balaban J connectivity index is 2.09. The maximum absolute atomic E-state index is 12.4. The van der Waals surface area contributed by atoms with Gasteiger partial charge in [0.1, 0.15) is 0 Å². The Morgan fingerprint density at radius 1 is 1.27 bits per heavy atom. The van der Waals surface area contributed by atoms with Gasteiger partial charge in [-0.15, -0.1) is 11.3 Å². The van der Waals surface area contributed by atoms with Crippen molar-refractivity contribution in [2.75, 3.05) is 5.32 Å². The topological polar surface area (TPSA) is 42.0 Å². The van der Waals surface area contributed by atoms with Crippen molar-refractivity contribution in [3.63, 3.8) is 0 Å². The molecule has 0 spiro atoms. The highest BCUT2D eigenvalue weighted by molar-refractivity contribution is 7.16. The zero-order valence-corrected chi connectivity index (χ0v) is 14.4. The Hall–Kier alpha value is -1.68. The minimum atomic E-state index is 0.0873. The predicted octanol–water partition coefficient (Wildman–Crippen LogP) is 5.27. The molecule has 1 aromatic heterocycles. The molecule has 0 radical (unpaired) electrons. The fourth-order valence-corrected chi connectivity index (χ4v) is 3.33. The van der Waals surface area contributed by atoms with Crippen molar-refractivity contribution in [2.45, 2.75) is 46.5 Å². The van der Waals surface area contributed by atoms with Crippen LogP contribution < -0.4 is 5.32 Å². The number of rotatable bonds is 7. The van der Waals surface area contributed by atoms with Gasteiger partial charge in [-0.05, 0) is 19.8 Å². The van der Waals surface area contributed by atoms with Crippen molar-refractivity contribution in [3.8, 4) is 11.3 Å². The lowest BCUT2D eigenvalue weighted by molar-refractivity contribution is -0.120. The highest BCUT2D eigenvalue weighted by Crippen LogP contribution is 2.30. The molecular weight excluding hydrogens is 292 g/mol. The van der Waals surface area contributed by atoms with Crippen molar-refractivity contribution >= 4 is 22.4 Å². The van der Waals surface area contributed by atoms with E-state index in [0.717, 1.165) is 41.8 Å². The van der Waals surface area contributed by atoms with E-state index in [0.29, 0.717) is 5.13 Å². The number of benzene rings is 1. The van der Waals surface area contributed by atoms with Crippen LogP contribution in [0.5, 0.6) is 0 Å². The lowest BCUT2D eigenvalue weighted by atomic mass is 9.99. The zero-order chi connectivity index (χ0) is 15.9. The predicted molar refractivity (Wildman–Crippen MR) is 94.2 cm³/mol. The third kappa shape index (κ3) is 4.17. The van der Waals surface area contributed by atoms with E-state index in [1.165, 1.54) is 0 Å². The summed E-state index contributed by atoms with van der Waals surface area (Å²) in [6, 6.07) is 10.1. The second-order valence-corrected chi connectivity index (χ2v) is 6.73. The third-order valence-corrected chi connectivity index (χ3v) is 4.73. The number of carbonyl (C=O) groups excluding carboxylic acids is 1. The van der Waals surface area contributed by atoms with Gasteiger partial charge in [0.05, 0.1) is 5.69 Å². The Morgan fingerprint density at radius 2 is 2.00 bits per heavy atom. The van der Waals surface area contributed by atoms with Crippen LogP contribution in [0.1, 0.15) is 44.4 Å². The summed E-state index contributed by atoms with van der Waals surface area (Å²) in [7, 11) is 0. The van der Waals surface area contributed by atoms with Crippen LogP contribution in [0.3, 0.4) is 0 Å². The first-order valence-corrected chi connectivity index (χ1v) is 8.81. The molecule has 118 valence electrons. The van der Waals surface area contributed by atoms with Crippen LogP contribution >= 0.6 is 11.3 Å². The number of carbonyl (C=O) groups is 1. The molecule has 4 heteroatoms. The Labute approximate surface area is 136 Å². The minimum absolute atomic E-state index is 0.0873. The van der Waals surface area contributed by atoms with Crippen LogP contribution in [0.4, 0.5) is 5.13 Å². The van der Waals surface area contributed by atoms with E-state index in [1.807, 2.05) is 37.3 Å². The summed E-state index contributed by atoms with van der Waals surface area (Å²) >= 11 is 1.55. The van der Waals surface area contributed by atoms with E-state index in [1.54, 1.807) is 11.3 Å². The van der Waals surface area contributed by atoms with Gasteiger partial charge in [-0.3, -0.25) is 4.79 Å². The lowest BCUT2D eigenvalue weighted by Crippen LogP contribution is -2.22. The molecule has 1 heterocycles. The first-order valence-electron chi connectivity index (χ1n) is 7.99.